The van der Waals surface area contributed by atoms with Crippen molar-refractivity contribution in [3.8, 4) is 0 Å². The summed E-state index contributed by atoms with van der Waals surface area (Å²) in [5.74, 6) is 0.205. The van der Waals surface area contributed by atoms with Crippen molar-refractivity contribution in [2.45, 2.75) is 24.2 Å². The van der Waals surface area contributed by atoms with Crippen LogP contribution < -0.4 is 5.32 Å². The molecule has 5 heteroatoms. The van der Waals surface area contributed by atoms with Gasteiger partial charge in [-0.05, 0) is 41.5 Å². The van der Waals surface area contributed by atoms with Crippen molar-refractivity contribution in [2.24, 2.45) is 0 Å². The van der Waals surface area contributed by atoms with Gasteiger partial charge in [0.05, 0.1) is 5.41 Å². The summed E-state index contributed by atoms with van der Waals surface area (Å²) >= 11 is 1.74. The molecule has 4 aromatic rings. The molecule has 0 saturated carbocycles. The third-order valence-electron chi connectivity index (χ3n) is 6.46. The predicted molar refractivity (Wildman–Crippen MR) is 126 cm³/mol. The van der Waals surface area contributed by atoms with Crippen LogP contribution in [0.4, 0.5) is 0 Å². The zero-order chi connectivity index (χ0) is 21.1. The first-order valence-corrected chi connectivity index (χ1v) is 11.7. The number of carbonyl (C=O) groups excluding carboxylic acids is 1. The number of rotatable bonds is 6. The van der Waals surface area contributed by atoms with Crippen LogP contribution in [0.2, 0.25) is 0 Å². The Labute approximate surface area is 186 Å². The molecule has 31 heavy (non-hydrogen) atoms. The van der Waals surface area contributed by atoms with Gasteiger partial charge in [0.25, 0.3) is 0 Å². The Hall–Kier alpha value is -2.89. The van der Waals surface area contributed by atoms with Crippen LogP contribution in [0.3, 0.4) is 0 Å². The number of carbonyl (C=O) groups is 1. The highest BCUT2D eigenvalue weighted by atomic mass is 32.1. The molecule has 1 fully saturated rings. The fourth-order valence-electron chi connectivity index (χ4n) is 4.72. The Balaban J connectivity index is 1.44. The van der Waals surface area contributed by atoms with Crippen LogP contribution in [0.5, 0.6) is 0 Å². The summed E-state index contributed by atoms with van der Waals surface area (Å²) in [4.78, 5) is 18.3. The number of benzene rings is 2. The highest BCUT2D eigenvalue weighted by Crippen LogP contribution is 2.36. The molecule has 1 amide bonds. The number of aromatic amines is 1. The van der Waals surface area contributed by atoms with Gasteiger partial charge < -0.3 is 15.0 Å². The lowest BCUT2D eigenvalue weighted by Gasteiger charge is -2.36. The smallest absolute Gasteiger partial charge is 0.230 e. The summed E-state index contributed by atoms with van der Waals surface area (Å²) in [5.41, 5.74) is 2.89. The quantitative estimate of drug-likeness (QED) is 0.440. The molecule has 0 bridgehead atoms. The lowest BCUT2D eigenvalue weighted by molar-refractivity contribution is -0.130. The Morgan fingerprint density at radius 1 is 1.03 bits per heavy atom. The molecule has 2 N–H and O–H groups in total. The Bertz CT molecular complexity index is 1140. The van der Waals surface area contributed by atoms with Gasteiger partial charge in [0.1, 0.15) is 0 Å². The lowest BCUT2D eigenvalue weighted by atomic mass is 9.73. The second-order valence-electron chi connectivity index (χ2n) is 8.13. The number of nitrogens with one attached hydrogen (secondary N) is 2. The van der Waals surface area contributed by atoms with Gasteiger partial charge in [-0.15, -0.1) is 11.3 Å². The zero-order valence-electron chi connectivity index (χ0n) is 17.3. The van der Waals surface area contributed by atoms with Gasteiger partial charge in [-0.2, -0.15) is 0 Å². The van der Waals surface area contributed by atoms with E-state index in [0.717, 1.165) is 11.1 Å². The van der Waals surface area contributed by atoms with Crippen molar-refractivity contribution in [2.75, 3.05) is 19.8 Å². The zero-order valence-corrected chi connectivity index (χ0v) is 18.2. The minimum absolute atomic E-state index is 0.100. The van der Waals surface area contributed by atoms with Crippen LogP contribution in [0.25, 0.3) is 10.9 Å². The lowest BCUT2D eigenvalue weighted by Crippen LogP contribution is -2.48. The van der Waals surface area contributed by atoms with E-state index in [2.05, 4.69) is 64.3 Å². The molecule has 158 valence electrons. The molecule has 5 rings (SSSR count). The number of amides is 1. The molecular formula is C26H26N2O2S. The highest BCUT2D eigenvalue weighted by Gasteiger charge is 2.41. The molecule has 2 aromatic carbocycles. The summed E-state index contributed by atoms with van der Waals surface area (Å²) < 4.78 is 5.61. The van der Waals surface area contributed by atoms with Crippen molar-refractivity contribution in [3.63, 3.8) is 0 Å². The Morgan fingerprint density at radius 3 is 2.58 bits per heavy atom. The van der Waals surface area contributed by atoms with Gasteiger partial charge >= 0.3 is 0 Å². The van der Waals surface area contributed by atoms with Gasteiger partial charge in [0.15, 0.2) is 0 Å². The van der Waals surface area contributed by atoms with E-state index in [1.165, 1.54) is 15.8 Å². The second kappa shape index (κ2) is 8.69. The number of hydrogen-bond donors (Lipinski definition) is 2. The number of H-pyrrole nitrogens is 1. The van der Waals surface area contributed by atoms with E-state index in [4.69, 9.17) is 4.74 Å². The second-order valence-corrected chi connectivity index (χ2v) is 9.11. The van der Waals surface area contributed by atoms with Crippen LogP contribution in [-0.4, -0.2) is 30.6 Å². The van der Waals surface area contributed by atoms with Crippen molar-refractivity contribution >= 4 is 28.1 Å². The summed E-state index contributed by atoms with van der Waals surface area (Å²) in [6.07, 6.45) is 3.50. The molecular weight excluding hydrogens is 404 g/mol. The number of para-hydroxylation sites is 1. The first kappa shape index (κ1) is 20.0. The maximum absolute atomic E-state index is 13.7. The molecule has 1 atom stereocenters. The van der Waals surface area contributed by atoms with E-state index >= 15 is 0 Å². The van der Waals surface area contributed by atoms with Gasteiger partial charge in [-0.25, -0.2) is 0 Å². The van der Waals surface area contributed by atoms with E-state index in [9.17, 15) is 4.79 Å². The number of thiophene rings is 1. The van der Waals surface area contributed by atoms with Crippen molar-refractivity contribution in [1.29, 1.82) is 0 Å². The molecule has 1 aliphatic heterocycles. The van der Waals surface area contributed by atoms with Crippen molar-refractivity contribution in [3.05, 3.63) is 94.3 Å². The average molecular weight is 431 g/mol. The number of ether oxygens (including phenoxy) is 1. The Kier molecular flexibility index (Phi) is 5.62. The largest absolute Gasteiger partial charge is 0.381 e. The van der Waals surface area contributed by atoms with Crippen LogP contribution in [-0.2, 0) is 14.9 Å². The number of fused-ring (bicyclic) bond motifs is 1. The van der Waals surface area contributed by atoms with Gasteiger partial charge in [0, 0.05) is 47.7 Å². The van der Waals surface area contributed by atoms with Gasteiger partial charge in [-0.3, -0.25) is 4.79 Å². The SMILES string of the molecule is O=C(NCC(c1cccs1)c1c[nH]c2ccccc12)C1(c2ccccc2)CCOCC1. The predicted octanol–water partition coefficient (Wildman–Crippen LogP) is 5.23. The summed E-state index contributed by atoms with van der Waals surface area (Å²) in [7, 11) is 0. The molecule has 3 heterocycles. The van der Waals surface area contributed by atoms with E-state index in [1.807, 2.05) is 24.3 Å². The minimum atomic E-state index is -0.528. The monoisotopic (exact) mass is 430 g/mol. The molecule has 1 aliphatic rings. The molecule has 4 nitrogen and oxygen atoms in total. The number of hydrogen-bond acceptors (Lipinski definition) is 3. The summed E-state index contributed by atoms with van der Waals surface area (Å²) in [6, 6.07) is 22.7. The van der Waals surface area contributed by atoms with E-state index < -0.39 is 5.41 Å². The molecule has 2 aromatic heterocycles. The standard InChI is InChI=1S/C26H26N2O2S/c29-25(26(12-14-30-15-13-26)19-7-2-1-3-8-19)28-18-22(24-11-6-16-31-24)21-17-27-23-10-5-4-9-20(21)23/h1-11,16-17,22,27H,12-15,18H2,(H,28,29). The van der Waals surface area contributed by atoms with Crippen molar-refractivity contribution < 1.29 is 9.53 Å². The first-order valence-electron chi connectivity index (χ1n) is 10.8. The first-order chi connectivity index (χ1) is 15.3. The Morgan fingerprint density at radius 2 is 1.81 bits per heavy atom. The minimum Gasteiger partial charge on any atom is -0.381 e. The number of aromatic nitrogens is 1. The maximum Gasteiger partial charge on any atom is 0.230 e. The average Bonchev–Trinajstić information content (AvgIpc) is 3.51. The normalized spacial score (nSPS) is 16.8. The summed E-state index contributed by atoms with van der Waals surface area (Å²) in [6.45, 7) is 1.79. The fourth-order valence-corrected chi connectivity index (χ4v) is 5.57. The summed E-state index contributed by atoms with van der Waals surface area (Å²) in [5, 5.41) is 6.64. The van der Waals surface area contributed by atoms with Gasteiger partial charge in [-0.1, -0.05) is 54.6 Å². The molecule has 0 aliphatic carbocycles. The van der Waals surface area contributed by atoms with E-state index in [0.29, 0.717) is 32.6 Å². The van der Waals surface area contributed by atoms with Crippen LogP contribution >= 0.6 is 11.3 Å². The van der Waals surface area contributed by atoms with E-state index in [-0.39, 0.29) is 11.8 Å². The molecule has 1 unspecified atom stereocenters. The van der Waals surface area contributed by atoms with Crippen LogP contribution in [0.15, 0.2) is 78.3 Å². The maximum atomic E-state index is 13.7. The molecule has 1 saturated heterocycles. The highest BCUT2D eigenvalue weighted by molar-refractivity contribution is 7.10. The molecule has 0 spiro atoms. The molecule has 0 radical (unpaired) electrons. The van der Waals surface area contributed by atoms with Crippen LogP contribution in [0, 0.1) is 0 Å². The fraction of sp³-hybridized carbons (Fsp3) is 0.269. The third kappa shape index (κ3) is 3.80. The van der Waals surface area contributed by atoms with Crippen molar-refractivity contribution in [1.82, 2.24) is 10.3 Å². The van der Waals surface area contributed by atoms with Crippen LogP contribution in [0.1, 0.15) is 34.8 Å². The third-order valence-corrected chi connectivity index (χ3v) is 7.44. The van der Waals surface area contributed by atoms with Gasteiger partial charge in [0.2, 0.25) is 5.91 Å². The topological polar surface area (TPSA) is 54.1 Å². The van der Waals surface area contributed by atoms with E-state index in [1.54, 1.807) is 11.3 Å².